The Bertz CT molecular complexity index is 1770. The number of fused-ring (bicyclic) bond motifs is 1. The van der Waals surface area contributed by atoms with E-state index >= 15 is 0 Å². The molecule has 1 saturated heterocycles. The molecule has 2 heterocycles. The average Bonchev–Trinajstić information content (AvgIpc) is 2.98. The van der Waals surface area contributed by atoms with Gasteiger partial charge in [-0.15, -0.1) is 0 Å². The Hall–Kier alpha value is -4.44. The maximum Gasteiger partial charge on any atom is 0.283 e. The minimum Gasteiger partial charge on any atom is -0.379 e. The van der Waals surface area contributed by atoms with Crippen molar-refractivity contribution in [1.29, 1.82) is 0 Å². The van der Waals surface area contributed by atoms with Crippen LogP contribution in [0.2, 0.25) is 0 Å². The molecule has 4 aromatic rings. The minimum atomic E-state index is -4.10. The lowest BCUT2D eigenvalue weighted by Crippen LogP contribution is -2.40. The van der Waals surface area contributed by atoms with Gasteiger partial charge in [0.05, 0.1) is 45.4 Å². The number of nitrogens with zero attached hydrogens (tertiary/aromatic N) is 5. The zero-order chi connectivity index (χ0) is 29.0. The van der Waals surface area contributed by atoms with Crippen molar-refractivity contribution in [2.24, 2.45) is 5.10 Å². The fourth-order valence-electron chi connectivity index (χ4n) is 4.15. The molecule has 0 saturated carbocycles. The number of morpholine rings is 1. The largest absolute Gasteiger partial charge is 0.379 e. The summed E-state index contributed by atoms with van der Waals surface area (Å²) in [6, 6.07) is 17.3. The molecule has 0 bridgehead atoms. The van der Waals surface area contributed by atoms with E-state index in [0.717, 1.165) is 27.9 Å². The van der Waals surface area contributed by atoms with Crippen molar-refractivity contribution in [3.63, 3.8) is 0 Å². The van der Waals surface area contributed by atoms with Crippen LogP contribution < -0.4 is 5.43 Å². The number of nitrogens with one attached hydrogen (secondary N) is 1. The van der Waals surface area contributed by atoms with Gasteiger partial charge in [0.15, 0.2) is 0 Å². The van der Waals surface area contributed by atoms with Crippen LogP contribution in [0.5, 0.6) is 0 Å². The summed E-state index contributed by atoms with van der Waals surface area (Å²) in [6.45, 7) is 0.630. The molecule has 0 radical (unpaired) electrons. The topological polar surface area (TPSA) is 170 Å². The second-order valence-electron chi connectivity index (χ2n) is 8.74. The molecular weight excluding hydrogens is 572 g/mol. The number of nitro benzene ring substituents is 2. The van der Waals surface area contributed by atoms with Crippen molar-refractivity contribution in [2.75, 3.05) is 31.7 Å². The second-order valence-corrected chi connectivity index (χ2v) is 11.7. The van der Waals surface area contributed by atoms with E-state index in [1.54, 1.807) is 18.3 Å². The molecule has 0 spiro atoms. The first kappa shape index (κ1) is 28.1. The SMILES string of the molecule is O=[N+]([O-])c1ccc(N/N=C\c2ccc(Sc3cccc4cccnc34)c([N+](=O)[O-])c2)c(S(=O)(=O)N2CCOCC2)c1. The molecule has 1 aliphatic heterocycles. The quantitative estimate of drug-likeness (QED) is 0.163. The second kappa shape index (κ2) is 12.0. The lowest BCUT2D eigenvalue weighted by atomic mass is 10.2. The van der Waals surface area contributed by atoms with E-state index in [4.69, 9.17) is 4.74 Å². The van der Waals surface area contributed by atoms with E-state index in [2.05, 4.69) is 15.5 Å². The summed E-state index contributed by atoms with van der Waals surface area (Å²) in [6.07, 6.45) is 2.96. The predicted molar refractivity (Wildman–Crippen MR) is 153 cm³/mol. The number of hydrogen-bond donors (Lipinski definition) is 1. The van der Waals surface area contributed by atoms with Gasteiger partial charge in [-0.3, -0.25) is 30.6 Å². The molecule has 15 heteroatoms. The summed E-state index contributed by atoms with van der Waals surface area (Å²) in [4.78, 5) is 27.3. The summed E-state index contributed by atoms with van der Waals surface area (Å²) >= 11 is 1.22. The van der Waals surface area contributed by atoms with Crippen molar-refractivity contribution in [3.8, 4) is 0 Å². The molecule has 41 heavy (non-hydrogen) atoms. The highest BCUT2D eigenvalue weighted by Gasteiger charge is 2.30. The Labute approximate surface area is 238 Å². The molecule has 0 atom stereocenters. The van der Waals surface area contributed by atoms with E-state index in [-0.39, 0.29) is 42.6 Å². The van der Waals surface area contributed by atoms with Crippen molar-refractivity contribution in [2.45, 2.75) is 14.7 Å². The number of hydrazone groups is 1. The lowest BCUT2D eigenvalue weighted by Gasteiger charge is -2.26. The fourth-order valence-corrected chi connectivity index (χ4v) is 6.75. The molecule has 13 nitrogen and oxygen atoms in total. The highest BCUT2D eigenvalue weighted by atomic mass is 32.2. The van der Waals surface area contributed by atoms with Gasteiger partial charge in [0.1, 0.15) is 4.90 Å². The van der Waals surface area contributed by atoms with Gasteiger partial charge in [0.25, 0.3) is 11.4 Å². The summed E-state index contributed by atoms with van der Waals surface area (Å²) < 4.78 is 33.0. The van der Waals surface area contributed by atoms with Gasteiger partial charge in [-0.1, -0.05) is 36.0 Å². The van der Waals surface area contributed by atoms with Crippen LogP contribution >= 0.6 is 11.8 Å². The lowest BCUT2D eigenvalue weighted by molar-refractivity contribution is -0.387. The predicted octanol–water partition coefficient (Wildman–Crippen LogP) is 4.67. The Balaban J connectivity index is 1.41. The van der Waals surface area contributed by atoms with Gasteiger partial charge in [-0.25, -0.2) is 8.42 Å². The van der Waals surface area contributed by atoms with E-state index in [0.29, 0.717) is 10.5 Å². The summed E-state index contributed by atoms with van der Waals surface area (Å²) in [5.74, 6) is 0. The summed E-state index contributed by atoms with van der Waals surface area (Å²) in [5.41, 5.74) is 3.22. The van der Waals surface area contributed by atoms with Gasteiger partial charge >= 0.3 is 0 Å². The number of para-hydroxylation sites is 1. The number of hydrogen-bond acceptors (Lipinski definition) is 11. The number of anilines is 1. The zero-order valence-electron chi connectivity index (χ0n) is 21.2. The number of non-ortho nitro benzene ring substituents is 1. The van der Waals surface area contributed by atoms with Gasteiger partial charge in [-0.05, 0) is 24.3 Å². The van der Waals surface area contributed by atoms with Crippen LogP contribution in [-0.2, 0) is 14.8 Å². The summed E-state index contributed by atoms with van der Waals surface area (Å²) in [5, 5.41) is 28.2. The maximum absolute atomic E-state index is 13.3. The Morgan fingerprint density at radius 2 is 1.76 bits per heavy atom. The third-order valence-electron chi connectivity index (χ3n) is 6.16. The van der Waals surface area contributed by atoms with Crippen LogP contribution in [0.15, 0.2) is 92.7 Å². The smallest absolute Gasteiger partial charge is 0.283 e. The molecule has 1 fully saturated rings. The van der Waals surface area contributed by atoms with Crippen molar-refractivity contribution in [1.82, 2.24) is 9.29 Å². The molecule has 210 valence electrons. The maximum atomic E-state index is 13.3. The fraction of sp³-hybridized carbons (Fsp3) is 0.154. The zero-order valence-corrected chi connectivity index (χ0v) is 22.9. The molecule has 5 rings (SSSR count). The standard InChI is InChI=1S/C26H22N6O7S2/c33-31(34)20-7-8-21(25(16-20)41(37,38)30-11-13-39-14-12-30)29-28-17-18-6-9-23(22(15-18)32(35)36)40-24-5-1-3-19-4-2-10-27-26(19)24/h1-10,15-17,29H,11-14H2/b28-17-. The van der Waals surface area contributed by atoms with Crippen molar-refractivity contribution in [3.05, 3.63) is 98.7 Å². The Morgan fingerprint density at radius 3 is 2.51 bits per heavy atom. The molecular formula is C26H22N6O7S2. The van der Waals surface area contributed by atoms with Gasteiger partial charge < -0.3 is 4.74 Å². The minimum absolute atomic E-state index is 0.0171. The first-order valence-electron chi connectivity index (χ1n) is 12.2. The molecule has 1 N–H and O–H groups in total. The van der Waals surface area contributed by atoms with E-state index < -0.39 is 25.6 Å². The highest BCUT2D eigenvalue weighted by molar-refractivity contribution is 7.99. The number of sulfonamides is 1. The monoisotopic (exact) mass is 594 g/mol. The number of nitro groups is 2. The Morgan fingerprint density at radius 1 is 0.976 bits per heavy atom. The van der Waals surface area contributed by atoms with Crippen molar-refractivity contribution >= 4 is 56.0 Å². The number of aromatic nitrogens is 1. The molecule has 0 unspecified atom stereocenters. The average molecular weight is 595 g/mol. The van der Waals surface area contributed by atoms with E-state index in [9.17, 15) is 28.6 Å². The first-order chi connectivity index (χ1) is 19.7. The third-order valence-corrected chi connectivity index (χ3v) is 9.21. The van der Waals surface area contributed by atoms with Crippen LogP contribution in [0.3, 0.4) is 0 Å². The van der Waals surface area contributed by atoms with E-state index in [1.165, 1.54) is 34.4 Å². The Kier molecular flexibility index (Phi) is 8.21. The van der Waals surface area contributed by atoms with Gasteiger partial charge in [0, 0.05) is 53.3 Å². The highest BCUT2D eigenvalue weighted by Crippen LogP contribution is 2.38. The molecule has 3 aromatic carbocycles. The van der Waals surface area contributed by atoms with Crippen molar-refractivity contribution < 1.29 is 23.0 Å². The molecule has 1 aromatic heterocycles. The number of rotatable bonds is 9. The summed E-state index contributed by atoms with van der Waals surface area (Å²) in [7, 11) is -4.10. The number of benzene rings is 3. The van der Waals surface area contributed by atoms with Gasteiger partial charge in [0.2, 0.25) is 10.0 Å². The molecule has 0 aliphatic carbocycles. The van der Waals surface area contributed by atoms with Crippen LogP contribution in [-0.4, -0.2) is 60.1 Å². The van der Waals surface area contributed by atoms with Gasteiger partial charge in [-0.2, -0.15) is 9.41 Å². The normalized spacial score (nSPS) is 14.3. The molecule has 1 aliphatic rings. The van der Waals surface area contributed by atoms with Crippen LogP contribution in [0.4, 0.5) is 17.1 Å². The third kappa shape index (κ3) is 6.17. The molecule has 0 amide bonds. The first-order valence-corrected chi connectivity index (χ1v) is 14.4. The van der Waals surface area contributed by atoms with Crippen LogP contribution in [0.1, 0.15) is 5.56 Å². The number of pyridine rings is 1. The van der Waals surface area contributed by atoms with Crippen LogP contribution in [0.25, 0.3) is 10.9 Å². The van der Waals surface area contributed by atoms with E-state index in [1.807, 2.05) is 30.3 Å². The van der Waals surface area contributed by atoms with Crippen LogP contribution in [0, 0.1) is 20.2 Å². The number of ether oxygens (including phenoxy) is 1.